The van der Waals surface area contributed by atoms with Gasteiger partial charge < -0.3 is 20.9 Å². The molecule has 2 saturated heterocycles. The minimum absolute atomic E-state index is 0.0282. The second-order valence-corrected chi connectivity index (χ2v) is 7.66. The fourth-order valence-corrected chi connectivity index (χ4v) is 3.98. The highest BCUT2D eigenvalue weighted by Crippen LogP contribution is 2.19. The van der Waals surface area contributed by atoms with Crippen molar-refractivity contribution in [1.29, 1.82) is 0 Å². The normalized spacial score (nSPS) is 18.6. The maximum absolute atomic E-state index is 12.6. The predicted molar refractivity (Wildman–Crippen MR) is 106 cm³/mol. The van der Waals surface area contributed by atoms with E-state index in [2.05, 4.69) is 10.2 Å². The van der Waals surface area contributed by atoms with Crippen molar-refractivity contribution in [1.82, 2.24) is 15.1 Å². The summed E-state index contributed by atoms with van der Waals surface area (Å²) in [5.74, 6) is 0.222. The van der Waals surface area contributed by atoms with Gasteiger partial charge in [0.1, 0.15) is 0 Å². The van der Waals surface area contributed by atoms with Crippen LogP contribution in [0.15, 0.2) is 24.3 Å². The first-order valence-electron chi connectivity index (χ1n) is 10.3. The molecule has 6 nitrogen and oxygen atoms in total. The van der Waals surface area contributed by atoms with Crippen LogP contribution in [0, 0.1) is 5.92 Å². The smallest absolute Gasteiger partial charge is 0.253 e. The number of amides is 2. The summed E-state index contributed by atoms with van der Waals surface area (Å²) < 4.78 is 0. The van der Waals surface area contributed by atoms with Crippen molar-refractivity contribution < 1.29 is 9.59 Å². The molecule has 0 bridgehead atoms. The molecule has 0 radical (unpaired) electrons. The van der Waals surface area contributed by atoms with Gasteiger partial charge in [0, 0.05) is 37.7 Å². The van der Waals surface area contributed by atoms with Gasteiger partial charge in [-0.15, -0.1) is 0 Å². The van der Waals surface area contributed by atoms with Crippen LogP contribution >= 0.6 is 0 Å². The quantitative estimate of drug-likeness (QED) is 0.713. The molecule has 0 atom stereocenters. The molecule has 0 spiro atoms. The molecule has 148 valence electrons. The first-order valence-corrected chi connectivity index (χ1v) is 10.3. The highest BCUT2D eigenvalue weighted by Gasteiger charge is 2.27. The number of hydrogen-bond donors (Lipinski definition) is 2. The molecular weight excluding hydrogens is 340 g/mol. The first kappa shape index (κ1) is 19.8. The Kier molecular flexibility index (Phi) is 7.24. The van der Waals surface area contributed by atoms with Crippen LogP contribution in [-0.2, 0) is 11.3 Å². The van der Waals surface area contributed by atoms with Gasteiger partial charge in [-0.05, 0) is 69.4 Å². The molecule has 0 saturated carbocycles. The highest BCUT2D eigenvalue weighted by atomic mass is 16.2. The average Bonchev–Trinajstić information content (AvgIpc) is 3.24. The third-order valence-corrected chi connectivity index (χ3v) is 5.74. The number of nitrogens with zero attached hydrogens (tertiary/aromatic N) is 2. The largest absolute Gasteiger partial charge is 0.356 e. The van der Waals surface area contributed by atoms with Gasteiger partial charge in [0.2, 0.25) is 5.91 Å². The summed E-state index contributed by atoms with van der Waals surface area (Å²) in [7, 11) is 0. The molecule has 6 heteroatoms. The third kappa shape index (κ3) is 5.53. The Morgan fingerprint density at radius 3 is 2.33 bits per heavy atom. The van der Waals surface area contributed by atoms with Crippen molar-refractivity contribution in [2.45, 2.75) is 38.6 Å². The Morgan fingerprint density at radius 2 is 1.70 bits per heavy atom. The summed E-state index contributed by atoms with van der Waals surface area (Å²) in [5.41, 5.74) is 7.31. The minimum Gasteiger partial charge on any atom is -0.356 e. The van der Waals surface area contributed by atoms with E-state index in [0.29, 0.717) is 25.2 Å². The van der Waals surface area contributed by atoms with Crippen LogP contribution in [0.5, 0.6) is 0 Å². The van der Waals surface area contributed by atoms with Gasteiger partial charge in [-0.25, -0.2) is 0 Å². The molecule has 2 aliphatic rings. The molecule has 2 amide bonds. The van der Waals surface area contributed by atoms with Crippen LogP contribution in [0.4, 0.5) is 0 Å². The van der Waals surface area contributed by atoms with Gasteiger partial charge >= 0.3 is 0 Å². The van der Waals surface area contributed by atoms with E-state index in [1.165, 1.54) is 25.9 Å². The fraction of sp³-hybridized carbons (Fsp3) is 0.619. The predicted octanol–water partition coefficient (Wildman–Crippen LogP) is 1.60. The minimum atomic E-state index is 0.0282. The lowest BCUT2D eigenvalue weighted by Gasteiger charge is -2.31. The van der Waals surface area contributed by atoms with Crippen molar-refractivity contribution in [2.75, 3.05) is 39.3 Å². The molecule has 2 heterocycles. The summed E-state index contributed by atoms with van der Waals surface area (Å²) in [6.07, 6.45) is 5.11. The molecule has 1 aromatic carbocycles. The van der Waals surface area contributed by atoms with E-state index in [1.807, 2.05) is 29.2 Å². The van der Waals surface area contributed by atoms with E-state index in [9.17, 15) is 9.59 Å². The summed E-state index contributed by atoms with van der Waals surface area (Å²) in [6.45, 7) is 6.00. The van der Waals surface area contributed by atoms with Gasteiger partial charge in [-0.2, -0.15) is 0 Å². The average molecular weight is 373 g/mol. The van der Waals surface area contributed by atoms with E-state index in [-0.39, 0.29) is 17.7 Å². The van der Waals surface area contributed by atoms with Crippen LogP contribution in [0.25, 0.3) is 0 Å². The van der Waals surface area contributed by atoms with Crippen LogP contribution in [0.3, 0.4) is 0 Å². The van der Waals surface area contributed by atoms with Crippen molar-refractivity contribution in [2.24, 2.45) is 11.7 Å². The van der Waals surface area contributed by atoms with Crippen molar-refractivity contribution in [3.63, 3.8) is 0 Å². The number of carbonyl (C=O) groups excluding carboxylic acids is 2. The molecule has 2 fully saturated rings. The maximum atomic E-state index is 12.6. The lowest BCUT2D eigenvalue weighted by atomic mass is 9.95. The van der Waals surface area contributed by atoms with Gasteiger partial charge in [0.15, 0.2) is 0 Å². The first-order chi connectivity index (χ1) is 13.2. The lowest BCUT2D eigenvalue weighted by molar-refractivity contribution is -0.126. The molecule has 0 unspecified atom stereocenters. The topological polar surface area (TPSA) is 78.7 Å². The van der Waals surface area contributed by atoms with Crippen molar-refractivity contribution >= 4 is 11.8 Å². The lowest BCUT2D eigenvalue weighted by Crippen LogP contribution is -2.43. The van der Waals surface area contributed by atoms with Gasteiger partial charge in [-0.1, -0.05) is 12.1 Å². The summed E-state index contributed by atoms with van der Waals surface area (Å²) in [4.78, 5) is 29.3. The highest BCUT2D eigenvalue weighted by molar-refractivity contribution is 5.94. The molecule has 3 rings (SSSR count). The zero-order chi connectivity index (χ0) is 19.1. The van der Waals surface area contributed by atoms with E-state index < -0.39 is 0 Å². The van der Waals surface area contributed by atoms with Gasteiger partial charge in [0.25, 0.3) is 5.91 Å². The second kappa shape index (κ2) is 9.85. The molecule has 3 N–H and O–H groups in total. The number of likely N-dealkylation sites (tertiary alicyclic amines) is 2. The molecule has 27 heavy (non-hydrogen) atoms. The second-order valence-electron chi connectivity index (χ2n) is 7.66. The van der Waals surface area contributed by atoms with E-state index in [1.54, 1.807) is 0 Å². The Morgan fingerprint density at radius 1 is 1.04 bits per heavy atom. The van der Waals surface area contributed by atoms with Crippen LogP contribution in [-0.4, -0.2) is 60.9 Å². The summed E-state index contributed by atoms with van der Waals surface area (Å²) >= 11 is 0. The zero-order valence-corrected chi connectivity index (χ0v) is 16.2. The van der Waals surface area contributed by atoms with Crippen molar-refractivity contribution in [3.05, 3.63) is 35.4 Å². The third-order valence-electron chi connectivity index (χ3n) is 5.74. The van der Waals surface area contributed by atoms with Gasteiger partial charge in [0.05, 0.1) is 0 Å². The monoisotopic (exact) mass is 372 g/mol. The Balaban J connectivity index is 1.37. The number of piperidine rings is 1. The number of rotatable bonds is 7. The summed E-state index contributed by atoms with van der Waals surface area (Å²) in [6, 6.07) is 7.47. The van der Waals surface area contributed by atoms with E-state index in [0.717, 1.165) is 37.9 Å². The van der Waals surface area contributed by atoms with E-state index in [4.69, 9.17) is 5.73 Å². The van der Waals surface area contributed by atoms with Crippen LogP contribution in [0.1, 0.15) is 48.0 Å². The molecule has 0 aliphatic carbocycles. The molecule has 2 aliphatic heterocycles. The number of nitrogens with two attached hydrogens (primary N) is 1. The van der Waals surface area contributed by atoms with Crippen molar-refractivity contribution in [3.8, 4) is 0 Å². The number of nitrogens with one attached hydrogen (secondary N) is 1. The SMILES string of the molecule is NCc1ccc(C(=O)N2CCC(C(=O)NCCCN3CCCC3)CC2)cc1. The zero-order valence-electron chi connectivity index (χ0n) is 16.2. The maximum Gasteiger partial charge on any atom is 0.253 e. The standard InChI is InChI=1S/C21H32N4O2/c22-16-17-4-6-19(7-5-17)21(27)25-14-8-18(9-15-25)20(26)23-10-3-13-24-11-1-2-12-24/h4-7,18H,1-3,8-16,22H2,(H,23,26). The van der Waals surface area contributed by atoms with Crippen LogP contribution < -0.4 is 11.1 Å². The van der Waals surface area contributed by atoms with Gasteiger partial charge in [-0.3, -0.25) is 9.59 Å². The number of hydrogen-bond acceptors (Lipinski definition) is 4. The van der Waals surface area contributed by atoms with E-state index >= 15 is 0 Å². The molecule has 1 aromatic rings. The Labute approximate surface area is 162 Å². The fourth-order valence-electron chi connectivity index (χ4n) is 3.98. The van der Waals surface area contributed by atoms with Crippen LogP contribution in [0.2, 0.25) is 0 Å². The molecule has 0 aromatic heterocycles. The number of carbonyl (C=O) groups is 2. The number of benzene rings is 1. The summed E-state index contributed by atoms with van der Waals surface area (Å²) in [5, 5.41) is 3.08. The Hall–Kier alpha value is -1.92. The molecular formula is C21H32N4O2. The Bertz CT molecular complexity index is 618.